The average Bonchev–Trinajstić information content (AvgIpc) is 3.08. The van der Waals surface area contributed by atoms with Crippen LogP contribution in [0.1, 0.15) is 52.5 Å². The number of thiophene rings is 1. The summed E-state index contributed by atoms with van der Waals surface area (Å²) in [6, 6.07) is 19.5. The Morgan fingerprint density at radius 1 is 0.967 bits per heavy atom. The number of anilines is 1. The Balaban J connectivity index is 1.53. The van der Waals surface area contributed by atoms with E-state index in [9.17, 15) is 4.79 Å². The van der Waals surface area contributed by atoms with Gasteiger partial charge < -0.3 is 5.32 Å². The minimum absolute atomic E-state index is 0.0455. The molecule has 0 saturated carbocycles. The lowest BCUT2D eigenvalue weighted by Crippen LogP contribution is -2.12. The Hall–Kier alpha value is -2.72. The zero-order valence-electron chi connectivity index (χ0n) is 17.7. The summed E-state index contributed by atoms with van der Waals surface area (Å²) in [6.45, 7) is 4.49. The van der Waals surface area contributed by atoms with E-state index in [1.54, 1.807) is 11.3 Å². The van der Waals surface area contributed by atoms with Crippen LogP contribution in [0.2, 0.25) is 0 Å². The molecule has 0 bridgehead atoms. The van der Waals surface area contributed by atoms with Gasteiger partial charge in [0.2, 0.25) is 5.91 Å². The third kappa shape index (κ3) is 4.71. The molecule has 30 heavy (non-hydrogen) atoms. The van der Waals surface area contributed by atoms with E-state index >= 15 is 0 Å². The van der Waals surface area contributed by atoms with Gasteiger partial charge >= 0.3 is 0 Å². The average molecular weight is 417 g/mol. The molecule has 4 heteroatoms. The summed E-state index contributed by atoms with van der Waals surface area (Å²) in [5.74, 6) is -0.0455. The summed E-state index contributed by atoms with van der Waals surface area (Å²) < 4.78 is 0. The van der Waals surface area contributed by atoms with E-state index in [0.717, 1.165) is 41.1 Å². The molecule has 1 N–H and O–H groups in total. The Morgan fingerprint density at radius 2 is 1.70 bits per heavy atom. The van der Waals surface area contributed by atoms with Gasteiger partial charge in [0, 0.05) is 16.0 Å². The quantitative estimate of drug-likeness (QED) is 0.506. The molecule has 154 valence electrons. The zero-order valence-corrected chi connectivity index (χ0v) is 18.5. The van der Waals surface area contributed by atoms with Crippen LogP contribution in [0.25, 0.3) is 0 Å². The van der Waals surface area contributed by atoms with Crippen LogP contribution in [0.5, 0.6) is 0 Å². The molecule has 3 nitrogen and oxygen atoms in total. The van der Waals surface area contributed by atoms with Crippen molar-refractivity contribution in [2.24, 2.45) is 4.99 Å². The van der Waals surface area contributed by atoms with E-state index in [-0.39, 0.29) is 12.5 Å². The molecule has 2 heterocycles. The van der Waals surface area contributed by atoms with E-state index in [2.05, 4.69) is 66.6 Å². The Labute approximate surface area is 182 Å². The first-order valence-corrected chi connectivity index (χ1v) is 11.6. The standard InChI is InChI=1S/C26H28N2OS/c1-3-4-8-19-10-12-20(13-11-19)14-15-21-16-23-25(22-9-6-5-7-18(22)2)27-17-24(29)28-26(23)30-21/h5-7,9-13,16H,3-4,8,14-15,17H2,1-2H3,(H,28,29). The van der Waals surface area contributed by atoms with Crippen LogP contribution < -0.4 is 5.32 Å². The van der Waals surface area contributed by atoms with E-state index in [1.165, 1.54) is 34.4 Å². The van der Waals surface area contributed by atoms with Gasteiger partial charge in [-0.25, -0.2) is 0 Å². The molecule has 3 aromatic rings. The van der Waals surface area contributed by atoms with Gasteiger partial charge in [0.1, 0.15) is 11.5 Å². The third-order valence-electron chi connectivity index (χ3n) is 5.57. The first-order valence-electron chi connectivity index (χ1n) is 10.7. The second-order valence-electron chi connectivity index (χ2n) is 7.90. The number of hydrogen-bond donors (Lipinski definition) is 1. The number of amides is 1. The number of rotatable bonds is 7. The molecule has 0 radical (unpaired) electrons. The minimum Gasteiger partial charge on any atom is -0.316 e. The summed E-state index contributed by atoms with van der Waals surface area (Å²) in [5.41, 5.74) is 7.02. The van der Waals surface area contributed by atoms with Crippen molar-refractivity contribution in [1.82, 2.24) is 0 Å². The SMILES string of the molecule is CCCCc1ccc(CCc2cc3c(s2)NC(=O)CN=C3c2ccccc2C)cc1. The van der Waals surface area contributed by atoms with Crippen LogP contribution in [-0.4, -0.2) is 18.2 Å². The fraction of sp³-hybridized carbons (Fsp3) is 0.308. The van der Waals surface area contributed by atoms with Crippen molar-refractivity contribution in [2.45, 2.75) is 46.0 Å². The molecule has 0 unspecified atom stereocenters. The van der Waals surface area contributed by atoms with Gasteiger partial charge in [-0.05, 0) is 55.4 Å². The van der Waals surface area contributed by atoms with Crippen molar-refractivity contribution in [3.8, 4) is 0 Å². The van der Waals surface area contributed by atoms with Crippen LogP contribution in [0.15, 0.2) is 59.6 Å². The summed E-state index contributed by atoms with van der Waals surface area (Å²) in [7, 11) is 0. The number of aryl methyl sites for hydroxylation is 4. The number of fused-ring (bicyclic) bond motifs is 1. The number of benzene rings is 2. The number of aliphatic imine (C=N–C) groups is 1. The summed E-state index contributed by atoms with van der Waals surface area (Å²) >= 11 is 1.68. The first kappa shape index (κ1) is 20.5. The molecule has 1 aliphatic heterocycles. The van der Waals surface area contributed by atoms with E-state index in [1.807, 2.05) is 12.1 Å². The number of carbonyl (C=O) groups is 1. The number of nitrogens with zero attached hydrogens (tertiary/aromatic N) is 1. The van der Waals surface area contributed by atoms with E-state index < -0.39 is 0 Å². The molecule has 1 aromatic heterocycles. The van der Waals surface area contributed by atoms with Gasteiger partial charge in [0.25, 0.3) is 0 Å². The van der Waals surface area contributed by atoms with Crippen molar-refractivity contribution in [3.05, 3.63) is 87.3 Å². The number of nitrogens with one attached hydrogen (secondary N) is 1. The molecule has 1 aliphatic rings. The topological polar surface area (TPSA) is 41.5 Å². The lowest BCUT2D eigenvalue weighted by atomic mass is 9.99. The Morgan fingerprint density at radius 3 is 2.43 bits per heavy atom. The van der Waals surface area contributed by atoms with Crippen molar-refractivity contribution in [3.63, 3.8) is 0 Å². The smallest absolute Gasteiger partial charge is 0.246 e. The van der Waals surface area contributed by atoms with Crippen molar-refractivity contribution in [2.75, 3.05) is 11.9 Å². The monoisotopic (exact) mass is 416 g/mol. The van der Waals surface area contributed by atoms with E-state index in [4.69, 9.17) is 0 Å². The lowest BCUT2D eigenvalue weighted by Gasteiger charge is -2.08. The number of carbonyl (C=O) groups excluding carboxylic acids is 1. The first-order chi connectivity index (χ1) is 14.6. The molecule has 4 rings (SSSR count). The predicted octanol–water partition coefficient (Wildman–Crippen LogP) is 5.97. The maximum absolute atomic E-state index is 12.2. The fourth-order valence-corrected chi connectivity index (χ4v) is 4.90. The summed E-state index contributed by atoms with van der Waals surface area (Å²) in [6.07, 6.45) is 5.60. The van der Waals surface area contributed by atoms with Crippen LogP contribution in [-0.2, 0) is 24.1 Å². The molecule has 0 spiro atoms. The van der Waals surface area contributed by atoms with Crippen LogP contribution in [0.4, 0.5) is 5.00 Å². The zero-order chi connectivity index (χ0) is 20.9. The highest BCUT2D eigenvalue weighted by atomic mass is 32.1. The lowest BCUT2D eigenvalue weighted by molar-refractivity contribution is -0.114. The molecule has 2 aromatic carbocycles. The van der Waals surface area contributed by atoms with Crippen molar-refractivity contribution >= 4 is 28.0 Å². The molecular weight excluding hydrogens is 388 g/mol. The second-order valence-corrected chi connectivity index (χ2v) is 9.04. The molecule has 0 aliphatic carbocycles. The second kappa shape index (κ2) is 9.40. The van der Waals surface area contributed by atoms with Crippen LogP contribution in [0, 0.1) is 6.92 Å². The van der Waals surface area contributed by atoms with Gasteiger partial charge in [-0.15, -0.1) is 11.3 Å². The van der Waals surface area contributed by atoms with Gasteiger partial charge in [0.05, 0.1) is 5.71 Å². The predicted molar refractivity (Wildman–Crippen MR) is 127 cm³/mol. The van der Waals surface area contributed by atoms with Gasteiger partial charge in [-0.1, -0.05) is 61.9 Å². The summed E-state index contributed by atoms with van der Waals surface area (Å²) in [5, 5.41) is 3.97. The molecular formula is C26H28N2OS. The van der Waals surface area contributed by atoms with Crippen molar-refractivity contribution < 1.29 is 4.79 Å². The van der Waals surface area contributed by atoms with E-state index in [0.29, 0.717) is 0 Å². The highest BCUT2D eigenvalue weighted by Crippen LogP contribution is 2.33. The van der Waals surface area contributed by atoms with Crippen molar-refractivity contribution in [1.29, 1.82) is 0 Å². The Bertz CT molecular complexity index is 1060. The van der Waals surface area contributed by atoms with Gasteiger partial charge in [-0.2, -0.15) is 0 Å². The Kier molecular flexibility index (Phi) is 6.44. The fourth-order valence-electron chi connectivity index (χ4n) is 3.83. The molecule has 0 fully saturated rings. The van der Waals surface area contributed by atoms with Crippen LogP contribution >= 0.6 is 11.3 Å². The highest BCUT2D eigenvalue weighted by molar-refractivity contribution is 7.16. The molecule has 1 amide bonds. The maximum atomic E-state index is 12.2. The highest BCUT2D eigenvalue weighted by Gasteiger charge is 2.22. The normalized spacial score (nSPS) is 13.4. The minimum atomic E-state index is -0.0455. The van der Waals surface area contributed by atoms with Gasteiger partial charge in [0.15, 0.2) is 0 Å². The largest absolute Gasteiger partial charge is 0.316 e. The summed E-state index contributed by atoms with van der Waals surface area (Å²) in [4.78, 5) is 18.1. The maximum Gasteiger partial charge on any atom is 0.246 e. The van der Waals surface area contributed by atoms with Gasteiger partial charge in [-0.3, -0.25) is 9.79 Å². The van der Waals surface area contributed by atoms with Crippen LogP contribution in [0.3, 0.4) is 0 Å². The molecule has 0 atom stereocenters. The number of unbranched alkanes of at least 4 members (excludes halogenated alkanes) is 1. The molecule has 0 saturated heterocycles. The number of hydrogen-bond acceptors (Lipinski definition) is 3. The third-order valence-corrected chi connectivity index (χ3v) is 6.68.